The first kappa shape index (κ1) is 14.2. The molecule has 1 atom stereocenters. The molecule has 1 aromatic heterocycles. The van der Waals surface area contributed by atoms with E-state index in [4.69, 9.17) is 18.0 Å². The van der Waals surface area contributed by atoms with E-state index in [0.29, 0.717) is 17.4 Å². The van der Waals surface area contributed by atoms with Crippen LogP contribution >= 0.6 is 12.2 Å². The van der Waals surface area contributed by atoms with Crippen LogP contribution in [-0.4, -0.2) is 37.2 Å². The molecule has 0 spiro atoms. The molecule has 0 saturated carbocycles. The largest absolute Gasteiger partial charge is 0.451 e. The summed E-state index contributed by atoms with van der Waals surface area (Å²) < 4.78 is 39.2. The molecule has 0 amide bonds. The Balaban J connectivity index is 2.22. The number of nitrogens with zero attached hydrogens (tertiary/aromatic N) is 4. The van der Waals surface area contributed by atoms with Crippen LogP contribution in [0.15, 0.2) is 0 Å². The Labute approximate surface area is 113 Å². The molecular formula is C10H14F3N5S. The second kappa shape index (κ2) is 5.04. The number of halogens is 3. The molecule has 1 aliphatic heterocycles. The van der Waals surface area contributed by atoms with E-state index in [1.54, 1.807) is 0 Å². The molecule has 5 nitrogen and oxygen atoms in total. The lowest BCUT2D eigenvalue weighted by Crippen LogP contribution is -2.47. The minimum Gasteiger partial charge on any atom is -0.392 e. The molecule has 0 aromatic carbocycles. The molecule has 1 aliphatic rings. The zero-order valence-electron chi connectivity index (χ0n) is 10.3. The predicted octanol–water partition coefficient (Wildman–Crippen LogP) is 1.18. The van der Waals surface area contributed by atoms with Gasteiger partial charge in [-0.2, -0.15) is 13.2 Å². The highest BCUT2D eigenvalue weighted by atomic mass is 32.1. The fourth-order valence-electron chi connectivity index (χ4n) is 2.29. The minimum absolute atomic E-state index is 0.116. The fraction of sp³-hybridized carbons (Fsp3) is 0.700. The summed E-state index contributed by atoms with van der Waals surface area (Å²) in [5, 5.41) is 6.85. The lowest BCUT2D eigenvalue weighted by molar-refractivity contribution is -0.148. The number of alkyl halides is 3. The molecule has 0 radical (unpaired) electrons. The zero-order valence-corrected chi connectivity index (χ0v) is 11.1. The van der Waals surface area contributed by atoms with E-state index in [1.165, 1.54) is 0 Å². The Morgan fingerprint density at radius 1 is 1.42 bits per heavy atom. The quantitative estimate of drug-likeness (QED) is 0.848. The molecule has 9 heteroatoms. The van der Waals surface area contributed by atoms with Gasteiger partial charge in [-0.3, -0.25) is 4.90 Å². The first-order valence-corrected chi connectivity index (χ1v) is 6.28. The Kier molecular flexibility index (Phi) is 3.77. The highest BCUT2D eigenvalue weighted by molar-refractivity contribution is 7.80. The summed E-state index contributed by atoms with van der Waals surface area (Å²) in [6, 6.07) is -0.116. The number of hydrogen-bond donors (Lipinski definition) is 1. The van der Waals surface area contributed by atoms with Gasteiger partial charge in [-0.05, 0) is 6.42 Å². The second-order valence-corrected chi connectivity index (χ2v) is 4.86. The van der Waals surface area contributed by atoms with Crippen molar-refractivity contribution in [3.8, 4) is 0 Å². The van der Waals surface area contributed by atoms with E-state index >= 15 is 0 Å². The minimum atomic E-state index is -4.47. The summed E-state index contributed by atoms with van der Waals surface area (Å²) in [4.78, 5) is 2.29. The zero-order chi connectivity index (χ0) is 14.2. The third kappa shape index (κ3) is 2.71. The van der Waals surface area contributed by atoms with Crippen molar-refractivity contribution in [1.29, 1.82) is 0 Å². The molecule has 0 saturated heterocycles. The Hall–Kier alpha value is -1.22. The van der Waals surface area contributed by atoms with Crippen molar-refractivity contribution in [3.63, 3.8) is 0 Å². The molecule has 0 aliphatic carbocycles. The maximum Gasteiger partial charge on any atom is 0.451 e. The van der Waals surface area contributed by atoms with Crippen molar-refractivity contribution in [3.05, 3.63) is 11.6 Å². The van der Waals surface area contributed by atoms with Gasteiger partial charge in [0.05, 0.1) is 17.6 Å². The lowest BCUT2D eigenvalue weighted by atomic mass is 10.1. The Morgan fingerprint density at radius 3 is 2.63 bits per heavy atom. The number of hydrogen-bond acceptors (Lipinski definition) is 4. The molecule has 2 rings (SSSR count). The Morgan fingerprint density at radius 2 is 2.11 bits per heavy atom. The van der Waals surface area contributed by atoms with E-state index < -0.39 is 12.0 Å². The molecule has 1 aromatic rings. The first-order valence-electron chi connectivity index (χ1n) is 5.87. The van der Waals surface area contributed by atoms with Crippen LogP contribution < -0.4 is 5.73 Å². The van der Waals surface area contributed by atoms with Gasteiger partial charge in [-0.1, -0.05) is 19.1 Å². The van der Waals surface area contributed by atoms with E-state index in [0.717, 1.165) is 11.0 Å². The maximum absolute atomic E-state index is 12.7. The number of nitrogens with two attached hydrogens (primary N) is 1. The summed E-state index contributed by atoms with van der Waals surface area (Å²) in [6.07, 6.45) is -3.75. The van der Waals surface area contributed by atoms with Crippen molar-refractivity contribution < 1.29 is 13.2 Å². The molecule has 0 bridgehead atoms. The third-order valence-corrected chi connectivity index (χ3v) is 3.46. The predicted molar refractivity (Wildman–Crippen MR) is 66.3 cm³/mol. The molecule has 1 unspecified atom stereocenters. The van der Waals surface area contributed by atoms with Crippen LogP contribution in [0.3, 0.4) is 0 Å². The first-order chi connectivity index (χ1) is 8.84. The SMILES string of the molecule is CCC(C(N)=S)N1CCn2c(nnc2C(F)(F)F)C1. The van der Waals surface area contributed by atoms with Crippen LogP contribution in [0.25, 0.3) is 0 Å². The summed E-state index contributed by atoms with van der Waals surface area (Å²) >= 11 is 4.97. The van der Waals surface area contributed by atoms with Crippen LogP contribution in [0.4, 0.5) is 13.2 Å². The van der Waals surface area contributed by atoms with Gasteiger partial charge in [0.2, 0.25) is 5.82 Å². The van der Waals surface area contributed by atoms with Gasteiger partial charge in [0.1, 0.15) is 5.82 Å². The van der Waals surface area contributed by atoms with Crippen molar-refractivity contribution in [1.82, 2.24) is 19.7 Å². The standard InChI is InChI=1S/C10H14F3N5S/c1-2-6(8(14)19)17-3-4-18-7(5-17)15-16-9(18)10(11,12)13/h6H,2-5H2,1H3,(H2,14,19). The lowest BCUT2D eigenvalue weighted by Gasteiger charge is -2.33. The average molecular weight is 293 g/mol. The van der Waals surface area contributed by atoms with Crippen molar-refractivity contribution in [2.24, 2.45) is 5.73 Å². The van der Waals surface area contributed by atoms with Crippen molar-refractivity contribution in [2.45, 2.75) is 38.7 Å². The van der Waals surface area contributed by atoms with E-state index in [9.17, 15) is 13.2 Å². The maximum atomic E-state index is 12.7. The van der Waals surface area contributed by atoms with Crippen LogP contribution in [0.5, 0.6) is 0 Å². The van der Waals surface area contributed by atoms with E-state index in [-0.39, 0.29) is 19.1 Å². The van der Waals surface area contributed by atoms with Crippen molar-refractivity contribution in [2.75, 3.05) is 6.54 Å². The second-order valence-electron chi connectivity index (χ2n) is 4.39. The van der Waals surface area contributed by atoms with Gasteiger partial charge in [0, 0.05) is 13.1 Å². The normalized spacial score (nSPS) is 18.1. The summed E-state index contributed by atoms with van der Waals surface area (Å²) in [6.45, 7) is 2.85. The number of thiocarbonyl (C=S) groups is 1. The average Bonchev–Trinajstić information content (AvgIpc) is 2.71. The summed E-state index contributed by atoms with van der Waals surface area (Å²) in [5.74, 6) is -0.640. The van der Waals surface area contributed by atoms with Crippen molar-refractivity contribution >= 4 is 17.2 Å². The highest BCUT2D eigenvalue weighted by Gasteiger charge is 2.40. The molecular weight excluding hydrogens is 279 g/mol. The smallest absolute Gasteiger partial charge is 0.392 e. The fourth-order valence-corrected chi connectivity index (χ4v) is 2.61. The number of aromatic nitrogens is 3. The molecule has 2 N–H and O–H groups in total. The van der Waals surface area contributed by atoms with Crippen LogP contribution in [0, 0.1) is 0 Å². The van der Waals surface area contributed by atoms with Gasteiger partial charge in [-0.15, -0.1) is 10.2 Å². The monoisotopic (exact) mass is 293 g/mol. The topological polar surface area (TPSA) is 60.0 Å². The highest BCUT2D eigenvalue weighted by Crippen LogP contribution is 2.29. The molecule has 106 valence electrons. The van der Waals surface area contributed by atoms with Gasteiger partial charge < -0.3 is 10.3 Å². The molecule has 19 heavy (non-hydrogen) atoms. The van der Waals surface area contributed by atoms with E-state index in [1.807, 2.05) is 11.8 Å². The Bertz CT molecular complexity index is 484. The summed E-state index contributed by atoms with van der Waals surface area (Å²) in [7, 11) is 0. The molecule has 2 heterocycles. The number of fused-ring (bicyclic) bond motifs is 1. The van der Waals surface area contributed by atoms with Gasteiger partial charge in [-0.25, -0.2) is 0 Å². The van der Waals surface area contributed by atoms with Gasteiger partial charge in [0.15, 0.2) is 0 Å². The van der Waals surface area contributed by atoms with Gasteiger partial charge >= 0.3 is 6.18 Å². The molecule has 0 fully saturated rings. The summed E-state index contributed by atoms with van der Waals surface area (Å²) in [5.41, 5.74) is 5.64. The van der Waals surface area contributed by atoms with E-state index in [2.05, 4.69) is 10.2 Å². The van der Waals surface area contributed by atoms with Crippen LogP contribution in [-0.2, 0) is 19.3 Å². The van der Waals surface area contributed by atoms with Crippen LogP contribution in [0.2, 0.25) is 0 Å². The van der Waals surface area contributed by atoms with Crippen LogP contribution in [0.1, 0.15) is 25.0 Å². The third-order valence-electron chi connectivity index (χ3n) is 3.19. The number of rotatable bonds is 3. The van der Waals surface area contributed by atoms with Gasteiger partial charge in [0.25, 0.3) is 0 Å².